The van der Waals surface area contributed by atoms with Crippen molar-refractivity contribution < 1.29 is 27.4 Å². The molecule has 1 aliphatic heterocycles. The average Bonchev–Trinajstić information content (AvgIpc) is 2.84. The summed E-state index contributed by atoms with van der Waals surface area (Å²) in [5.74, 6) is 0.324. The van der Waals surface area contributed by atoms with E-state index in [1.54, 1.807) is 25.2 Å². The van der Waals surface area contributed by atoms with Gasteiger partial charge in [-0.2, -0.15) is 13.2 Å². The van der Waals surface area contributed by atoms with Crippen molar-refractivity contribution in [2.75, 3.05) is 51.8 Å². The first-order valence-corrected chi connectivity index (χ1v) is 11.5. The van der Waals surface area contributed by atoms with Crippen molar-refractivity contribution in [1.29, 1.82) is 5.41 Å². The fourth-order valence-electron chi connectivity index (χ4n) is 3.86. The summed E-state index contributed by atoms with van der Waals surface area (Å²) in [6, 6.07) is 9.70. The van der Waals surface area contributed by atoms with Crippen LogP contribution in [-0.4, -0.2) is 63.5 Å². The molecule has 35 heavy (non-hydrogen) atoms. The Balaban J connectivity index is 1.66. The van der Waals surface area contributed by atoms with E-state index >= 15 is 0 Å². The number of halogens is 3. The number of anilines is 1. The number of nitrogens with one attached hydrogen (secondary N) is 3. The molecule has 0 aliphatic carbocycles. The van der Waals surface area contributed by atoms with Gasteiger partial charge < -0.3 is 25.5 Å². The highest BCUT2D eigenvalue weighted by molar-refractivity contribution is 5.92. The Labute approximate surface area is 203 Å². The first kappa shape index (κ1) is 26.7. The molecule has 1 atom stereocenters. The van der Waals surface area contributed by atoms with Crippen LogP contribution in [0.5, 0.6) is 5.75 Å². The minimum atomic E-state index is -4.41. The number of carbonyl (C=O) groups excluding carboxylic acids is 1. The molecule has 7 nitrogen and oxygen atoms in total. The molecular weight excluding hydrogens is 461 g/mol. The maximum Gasteiger partial charge on any atom is 0.416 e. The smallest absolute Gasteiger partial charge is 0.416 e. The first-order valence-electron chi connectivity index (χ1n) is 11.5. The first-order chi connectivity index (χ1) is 16.8. The average molecular weight is 493 g/mol. The second kappa shape index (κ2) is 12.7. The molecule has 1 saturated heterocycles. The molecule has 3 rings (SSSR count). The second-order valence-electron chi connectivity index (χ2n) is 8.26. The van der Waals surface area contributed by atoms with Gasteiger partial charge in [0.05, 0.1) is 25.2 Å². The second-order valence-corrected chi connectivity index (χ2v) is 8.26. The van der Waals surface area contributed by atoms with Gasteiger partial charge >= 0.3 is 6.18 Å². The topological polar surface area (TPSA) is 86.7 Å². The quantitative estimate of drug-likeness (QED) is 0.415. The fraction of sp³-hybridized carbons (Fsp3) is 0.440. The van der Waals surface area contributed by atoms with Crippen molar-refractivity contribution in [1.82, 2.24) is 10.2 Å². The molecule has 1 fully saturated rings. The van der Waals surface area contributed by atoms with E-state index in [-0.39, 0.29) is 18.4 Å². The Morgan fingerprint density at radius 2 is 1.91 bits per heavy atom. The van der Waals surface area contributed by atoms with Gasteiger partial charge in [-0.3, -0.25) is 9.69 Å². The van der Waals surface area contributed by atoms with E-state index in [1.165, 1.54) is 18.3 Å². The van der Waals surface area contributed by atoms with E-state index in [0.29, 0.717) is 43.2 Å². The zero-order valence-electron chi connectivity index (χ0n) is 19.7. The highest BCUT2D eigenvalue weighted by Gasteiger charge is 2.30. The van der Waals surface area contributed by atoms with E-state index < -0.39 is 11.7 Å². The van der Waals surface area contributed by atoms with Crippen molar-refractivity contribution in [2.45, 2.75) is 25.1 Å². The number of benzene rings is 2. The van der Waals surface area contributed by atoms with Crippen LogP contribution in [0.4, 0.5) is 18.9 Å². The Hall–Kier alpha value is -2.95. The molecule has 0 radical (unpaired) electrons. The van der Waals surface area contributed by atoms with Crippen molar-refractivity contribution in [2.24, 2.45) is 0 Å². The molecule has 1 unspecified atom stereocenters. The monoisotopic (exact) mass is 492 g/mol. The zero-order valence-corrected chi connectivity index (χ0v) is 19.7. The van der Waals surface area contributed by atoms with E-state index in [2.05, 4.69) is 15.5 Å². The Morgan fingerprint density at radius 1 is 1.20 bits per heavy atom. The van der Waals surface area contributed by atoms with Crippen LogP contribution < -0.4 is 15.4 Å². The van der Waals surface area contributed by atoms with Crippen molar-refractivity contribution in [3.05, 3.63) is 59.2 Å². The van der Waals surface area contributed by atoms with Crippen LogP contribution in [0.25, 0.3) is 0 Å². The number of ether oxygens (including phenoxy) is 2. The van der Waals surface area contributed by atoms with Gasteiger partial charge in [0.2, 0.25) is 5.91 Å². The standard InChI is InChI=1S/C25H31F3N4O3/c1-30-22(8-9-29)21-17-20(6-7-23(21)35-15-12-32-10-13-34-14-11-32)31-24(33)16-18-2-4-19(5-3-18)25(26,27)28/h2-7,9,17,22,29-30H,8,10-16H2,1H3,(H,31,33). The molecule has 1 amide bonds. The van der Waals surface area contributed by atoms with Gasteiger partial charge in [0.1, 0.15) is 12.4 Å². The molecule has 2 aromatic rings. The molecule has 1 aliphatic rings. The Bertz CT molecular complexity index is 977. The molecule has 190 valence electrons. The fourth-order valence-corrected chi connectivity index (χ4v) is 3.86. The summed E-state index contributed by atoms with van der Waals surface area (Å²) in [4.78, 5) is 14.8. The molecule has 3 N–H and O–H groups in total. The van der Waals surface area contributed by atoms with Crippen LogP contribution >= 0.6 is 0 Å². The van der Waals surface area contributed by atoms with Gasteiger partial charge in [0.15, 0.2) is 0 Å². The molecule has 1 heterocycles. The molecule has 0 aromatic heterocycles. The summed E-state index contributed by atoms with van der Waals surface area (Å²) < 4.78 is 49.7. The van der Waals surface area contributed by atoms with E-state index in [4.69, 9.17) is 14.9 Å². The lowest BCUT2D eigenvalue weighted by Gasteiger charge is -2.27. The van der Waals surface area contributed by atoms with Crippen LogP contribution in [0.15, 0.2) is 42.5 Å². The molecule has 0 spiro atoms. The summed E-state index contributed by atoms with van der Waals surface area (Å²) in [6.07, 6.45) is -2.71. The largest absolute Gasteiger partial charge is 0.492 e. The third-order valence-corrected chi connectivity index (χ3v) is 5.79. The van der Waals surface area contributed by atoms with Gasteiger partial charge in [0.25, 0.3) is 0 Å². The lowest BCUT2D eigenvalue weighted by Crippen LogP contribution is -2.38. The molecule has 0 saturated carbocycles. The zero-order chi connectivity index (χ0) is 25.3. The van der Waals surface area contributed by atoms with Gasteiger partial charge in [-0.15, -0.1) is 0 Å². The third-order valence-electron chi connectivity index (χ3n) is 5.79. The van der Waals surface area contributed by atoms with Crippen LogP contribution in [0, 0.1) is 5.41 Å². The Morgan fingerprint density at radius 3 is 2.54 bits per heavy atom. The predicted octanol–water partition coefficient (Wildman–Crippen LogP) is 3.90. The highest BCUT2D eigenvalue weighted by atomic mass is 19.4. The maximum atomic E-state index is 12.7. The highest BCUT2D eigenvalue weighted by Crippen LogP contribution is 2.31. The SMILES string of the molecule is CNC(CC=N)c1cc(NC(=O)Cc2ccc(C(F)(F)F)cc2)ccc1OCCN1CCOCC1. The number of rotatable bonds is 11. The number of nitrogens with zero attached hydrogens (tertiary/aromatic N) is 1. The number of hydrogen-bond acceptors (Lipinski definition) is 6. The molecular formula is C25H31F3N4O3. The van der Waals surface area contributed by atoms with Crippen LogP contribution in [0.2, 0.25) is 0 Å². The van der Waals surface area contributed by atoms with Gasteiger partial charge in [-0.25, -0.2) is 0 Å². The van der Waals surface area contributed by atoms with E-state index in [0.717, 1.165) is 37.3 Å². The minimum absolute atomic E-state index is 0.0543. The Kier molecular flexibility index (Phi) is 9.64. The number of carbonyl (C=O) groups is 1. The van der Waals surface area contributed by atoms with E-state index in [9.17, 15) is 18.0 Å². The van der Waals surface area contributed by atoms with Gasteiger partial charge in [0, 0.05) is 43.3 Å². The van der Waals surface area contributed by atoms with Gasteiger partial charge in [-0.05, 0) is 49.2 Å². The number of amides is 1. The van der Waals surface area contributed by atoms with Crippen LogP contribution in [0.3, 0.4) is 0 Å². The lowest BCUT2D eigenvalue weighted by molar-refractivity contribution is -0.137. The predicted molar refractivity (Wildman–Crippen MR) is 128 cm³/mol. The summed E-state index contributed by atoms with van der Waals surface area (Å²) in [5, 5.41) is 13.5. The van der Waals surface area contributed by atoms with Crippen LogP contribution in [-0.2, 0) is 22.1 Å². The number of hydrogen-bond donors (Lipinski definition) is 3. The normalized spacial score (nSPS) is 15.4. The summed E-state index contributed by atoms with van der Waals surface area (Å²) in [5.41, 5.74) is 1.09. The van der Waals surface area contributed by atoms with Crippen LogP contribution in [0.1, 0.15) is 29.2 Å². The van der Waals surface area contributed by atoms with Crippen molar-refractivity contribution >= 4 is 17.8 Å². The lowest BCUT2D eigenvalue weighted by atomic mass is 10.0. The molecule has 10 heteroatoms. The summed E-state index contributed by atoms with van der Waals surface area (Å²) >= 11 is 0. The van der Waals surface area contributed by atoms with Crippen molar-refractivity contribution in [3.63, 3.8) is 0 Å². The number of morpholine rings is 1. The minimum Gasteiger partial charge on any atom is -0.492 e. The molecule has 0 bridgehead atoms. The maximum absolute atomic E-state index is 12.7. The molecule has 2 aromatic carbocycles. The van der Waals surface area contributed by atoms with Gasteiger partial charge in [-0.1, -0.05) is 12.1 Å². The van der Waals surface area contributed by atoms with E-state index in [1.807, 2.05) is 0 Å². The summed E-state index contributed by atoms with van der Waals surface area (Å²) in [6.45, 7) is 4.43. The summed E-state index contributed by atoms with van der Waals surface area (Å²) in [7, 11) is 1.79. The van der Waals surface area contributed by atoms with Crippen molar-refractivity contribution in [3.8, 4) is 5.75 Å². The third kappa shape index (κ3) is 8.05. The number of alkyl halides is 3.